The summed E-state index contributed by atoms with van der Waals surface area (Å²) in [5.74, 6) is -0.225. The number of methoxy groups -OCH3 is 1. The minimum absolute atomic E-state index is 0.225. The first kappa shape index (κ1) is 14.2. The summed E-state index contributed by atoms with van der Waals surface area (Å²) < 4.78 is 4.66. The fourth-order valence-electron chi connectivity index (χ4n) is 1.53. The lowest BCUT2D eigenvalue weighted by molar-refractivity contribution is -0.140. The number of carbonyl (C=O) groups is 1. The molecule has 0 spiro atoms. The van der Waals surface area contributed by atoms with Crippen molar-refractivity contribution in [3.05, 3.63) is 35.9 Å². The zero-order valence-electron chi connectivity index (χ0n) is 10.2. The van der Waals surface area contributed by atoms with Crippen LogP contribution < -0.4 is 0 Å². The van der Waals surface area contributed by atoms with Gasteiger partial charge in [0.2, 0.25) is 0 Å². The first-order valence-electron chi connectivity index (χ1n) is 5.58. The van der Waals surface area contributed by atoms with Gasteiger partial charge in [0.15, 0.2) is 0 Å². The highest BCUT2D eigenvalue weighted by Crippen LogP contribution is 2.05. The van der Waals surface area contributed by atoms with E-state index in [4.69, 9.17) is 0 Å². The van der Waals surface area contributed by atoms with Gasteiger partial charge in [-0.15, -0.1) is 0 Å². The van der Waals surface area contributed by atoms with Crippen LogP contribution in [0.15, 0.2) is 30.3 Å². The van der Waals surface area contributed by atoms with Crippen LogP contribution in [-0.2, 0) is 16.0 Å². The first-order valence-corrected chi connectivity index (χ1v) is 6.49. The SMILES string of the molecule is COC(=O)C(Br)CN(C)CCc1ccccc1. The summed E-state index contributed by atoms with van der Waals surface area (Å²) in [6, 6.07) is 10.3. The topological polar surface area (TPSA) is 29.5 Å². The highest BCUT2D eigenvalue weighted by molar-refractivity contribution is 9.10. The molecule has 0 aromatic heterocycles. The van der Waals surface area contributed by atoms with E-state index < -0.39 is 0 Å². The molecular weight excluding hydrogens is 282 g/mol. The number of rotatable bonds is 6. The molecule has 3 nitrogen and oxygen atoms in total. The fourth-order valence-corrected chi connectivity index (χ4v) is 2.21. The number of hydrogen-bond acceptors (Lipinski definition) is 3. The maximum atomic E-state index is 11.2. The van der Waals surface area contributed by atoms with Crippen molar-refractivity contribution in [1.82, 2.24) is 4.90 Å². The third-order valence-corrected chi connectivity index (χ3v) is 3.22. The zero-order valence-corrected chi connectivity index (χ0v) is 11.8. The molecule has 17 heavy (non-hydrogen) atoms. The predicted molar refractivity (Wildman–Crippen MR) is 72.4 cm³/mol. The van der Waals surface area contributed by atoms with Crippen LogP contribution in [0.2, 0.25) is 0 Å². The van der Waals surface area contributed by atoms with Gasteiger partial charge in [0, 0.05) is 13.1 Å². The third kappa shape index (κ3) is 5.33. The van der Waals surface area contributed by atoms with E-state index in [1.54, 1.807) is 0 Å². The number of benzene rings is 1. The maximum Gasteiger partial charge on any atom is 0.320 e. The molecule has 4 heteroatoms. The van der Waals surface area contributed by atoms with Gasteiger partial charge in [-0.2, -0.15) is 0 Å². The Morgan fingerprint density at radius 2 is 2.06 bits per heavy atom. The molecular formula is C13H18BrNO2. The Morgan fingerprint density at radius 1 is 1.41 bits per heavy atom. The molecule has 1 aromatic carbocycles. The molecule has 0 fully saturated rings. The number of halogens is 1. The standard InChI is InChI=1S/C13H18BrNO2/c1-15(10-12(14)13(16)17-2)9-8-11-6-4-3-5-7-11/h3-7,12H,8-10H2,1-2H3. The minimum atomic E-state index is -0.256. The molecule has 0 N–H and O–H groups in total. The number of hydrogen-bond donors (Lipinski definition) is 0. The van der Waals surface area contributed by atoms with Crippen molar-refractivity contribution in [2.75, 3.05) is 27.2 Å². The van der Waals surface area contributed by atoms with Crippen molar-refractivity contribution in [1.29, 1.82) is 0 Å². The molecule has 0 amide bonds. The molecule has 94 valence electrons. The molecule has 0 radical (unpaired) electrons. The van der Waals surface area contributed by atoms with Crippen molar-refractivity contribution in [3.63, 3.8) is 0 Å². The number of nitrogens with zero attached hydrogens (tertiary/aromatic N) is 1. The van der Waals surface area contributed by atoms with Gasteiger partial charge in [0.25, 0.3) is 0 Å². The zero-order chi connectivity index (χ0) is 12.7. The summed E-state index contributed by atoms with van der Waals surface area (Å²) in [5.41, 5.74) is 1.31. The molecule has 1 unspecified atom stereocenters. The quantitative estimate of drug-likeness (QED) is 0.595. The summed E-state index contributed by atoms with van der Waals surface area (Å²) in [6.07, 6.45) is 0.984. The largest absolute Gasteiger partial charge is 0.468 e. The highest BCUT2D eigenvalue weighted by Gasteiger charge is 2.16. The Bertz CT molecular complexity index is 343. The first-order chi connectivity index (χ1) is 8.13. The number of ether oxygens (including phenoxy) is 1. The molecule has 0 bridgehead atoms. The maximum absolute atomic E-state index is 11.2. The molecule has 0 saturated heterocycles. The number of alkyl halides is 1. The lowest BCUT2D eigenvalue weighted by Gasteiger charge is -2.18. The smallest absolute Gasteiger partial charge is 0.320 e. The second-order valence-electron chi connectivity index (χ2n) is 3.99. The van der Waals surface area contributed by atoms with Crippen molar-refractivity contribution >= 4 is 21.9 Å². The van der Waals surface area contributed by atoms with Crippen LogP contribution in [0, 0.1) is 0 Å². The second-order valence-corrected chi connectivity index (χ2v) is 5.09. The Kier molecular flexibility index (Phi) is 6.22. The number of likely N-dealkylation sites (N-methyl/N-ethyl adjacent to an activating group) is 1. The van der Waals surface area contributed by atoms with E-state index in [1.165, 1.54) is 12.7 Å². The Labute approximate surface area is 111 Å². The van der Waals surface area contributed by atoms with Crippen LogP contribution >= 0.6 is 15.9 Å². The van der Waals surface area contributed by atoms with E-state index in [9.17, 15) is 4.79 Å². The Balaban J connectivity index is 2.30. The van der Waals surface area contributed by atoms with Crippen molar-refractivity contribution in [3.8, 4) is 0 Å². The van der Waals surface area contributed by atoms with Gasteiger partial charge in [-0.1, -0.05) is 46.3 Å². The average Bonchev–Trinajstić information content (AvgIpc) is 2.36. The van der Waals surface area contributed by atoms with Crippen molar-refractivity contribution < 1.29 is 9.53 Å². The second kappa shape index (κ2) is 7.45. The third-order valence-electron chi connectivity index (χ3n) is 2.55. The highest BCUT2D eigenvalue weighted by atomic mass is 79.9. The molecule has 1 rings (SSSR count). The van der Waals surface area contributed by atoms with E-state index in [0.717, 1.165) is 13.0 Å². The minimum Gasteiger partial charge on any atom is -0.468 e. The van der Waals surface area contributed by atoms with E-state index in [1.807, 2.05) is 25.2 Å². The van der Waals surface area contributed by atoms with Crippen LogP contribution in [0.4, 0.5) is 0 Å². The van der Waals surface area contributed by atoms with Gasteiger partial charge in [-0.25, -0.2) is 0 Å². The van der Waals surface area contributed by atoms with E-state index >= 15 is 0 Å². The van der Waals surface area contributed by atoms with Crippen LogP contribution in [0.1, 0.15) is 5.56 Å². The van der Waals surface area contributed by atoms with Crippen LogP contribution in [-0.4, -0.2) is 42.9 Å². The van der Waals surface area contributed by atoms with E-state index in [0.29, 0.717) is 6.54 Å². The summed E-state index contributed by atoms with van der Waals surface area (Å²) in [5, 5.41) is 0. The van der Waals surface area contributed by atoms with Gasteiger partial charge in [-0.3, -0.25) is 4.79 Å². The molecule has 0 aliphatic carbocycles. The monoisotopic (exact) mass is 299 g/mol. The molecule has 0 heterocycles. The normalized spacial score (nSPS) is 12.5. The molecule has 0 saturated carbocycles. The van der Waals surface area contributed by atoms with Crippen LogP contribution in [0.5, 0.6) is 0 Å². The van der Waals surface area contributed by atoms with Gasteiger partial charge in [0.05, 0.1) is 7.11 Å². The van der Waals surface area contributed by atoms with Gasteiger partial charge < -0.3 is 9.64 Å². The lowest BCUT2D eigenvalue weighted by Crippen LogP contribution is -2.32. The summed E-state index contributed by atoms with van der Waals surface area (Å²) in [4.78, 5) is 13.1. The molecule has 0 aliphatic heterocycles. The van der Waals surface area contributed by atoms with Crippen LogP contribution in [0.3, 0.4) is 0 Å². The van der Waals surface area contributed by atoms with Crippen LogP contribution in [0.25, 0.3) is 0 Å². The summed E-state index contributed by atoms with van der Waals surface area (Å²) in [6.45, 7) is 1.57. The fraction of sp³-hybridized carbons (Fsp3) is 0.462. The van der Waals surface area contributed by atoms with E-state index in [-0.39, 0.29) is 10.8 Å². The van der Waals surface area contributed by atoms with Gasteiger partial charge >= 0.3 is 5.97 Å². The molecule has 1 atom stereocenters. The van der Waals surface area contributed by atoms with Gasteiger partial charge in [-0.05, 0) is 19.0 Å². The lowest BCUT2D eigenvalue weighted by atomic mass is 10.1. The molecule has 1 aromatic rings. The average molecular weight is 300 g/mol. The van der Waals surface area contributed by atoms with E-state index in [2.05, 4.69) is 37.7 Å². The molecule has 0 aliphatic rings. The Morgan fingerprint density at radius 3 is 2.65 bits per heavy atom. The summed E-state index contributed by atoms with van der Waals surface area (Å²) in [7, 11) is 3.40. The van der Waals surface area contributed by atoms with Crippen molar-refractivity contribution in [2.45, 2.75) is 11.2 Å². The number of carbonyl (C=O) groups excluding carboxylic acids is 1. The predicted octanol–water partition coefficient (Wildman–Crippen LogP) is 2.10. The number of esters is 1. The summed E-state index contributed by atoms with van der Waals surface area (Å²) >= 11 is 3.31. The van der Waals surface area contributed by atoms with Crippen molar-refractivity contribution in [2.24, 2.45) is 0 Å². The van der Waals surface area contributed by atoms with Gasteiger partial charge in [0.1, 0.15) is 4.83 Å². The Hall–Kier alpha value is -0.870.